The highest BCUT2D eigenvalue weighted by Gasteiger charge is 2.21. The van der Waals surface area contributed by atoms with E-state index in [9.17, 15) is 8.42 Å². The molecule has 7 heteroatoms. The summed E-state index contributed by atoms with van der Waals surface area (Å²) in [5.41, 5.74) is 1.44. The zero-order valence-corrected chi connectivity index (χ0v) is 12.9. The number of sulfonamides is 1. The molecule has 0 aliphatic heterocycles. The number of furan rings is 1. The largest absolute Gasteiger partial charge is 0.462 e. The van der Waals surface area contributed by atoms with Gasteiger partial charge in [0.05, 0.1) is 0 Å². The second kappa shape index (κ2) is 5.79. The quantitative estimate of drug-likeness (QED) is 0.882. The molecule has 0 fully saturated rings. The van der Waals surface area contributed by atoms with Crippen LogP contribution in [0.25, 0.3) is 0 Å². The third-order valence-corrected chi connectivity index (χ3v) is 4.49. The number of nitrogens with one attached hydrogen (secondary N) is 1. The molecule has 1 heterocycles. The topological polar surface area (TPSA) is 82.8 Å². The van der Waals surface area contributed by atoms with Crippen LogP contribution in [0.2, 0.25) is 0 Å². The Hall–Kier alpha value is -1.99. The van der Waals surface area contributed by atoms with Crippen LogP contribution in [-0.4, -0.2) is 27.6 Å². The van der Waals surface area contributed by atoms with E-state index in [-0.39, 0.29) is 23.0 Å². The van der Waals surface area contributed by atoms with Crippen LogP contribution in [0.4, 0.5) is 11.4 Å². The second-order valence-electron chi connectivity index (χ2n) is 4.84. The highest BCUT2D eigenvalue weighted by molar-refractivity contribution is 7.92. The second-order valence-corrected chi connectivity index (χ2v) is 6.49. The molecule has 0 saturated heterocycles. The van der Waals surface area contributed by atoms with Crippen molar-refractivity contribution < 1.29 is 17.9 Å². The minimum absolute atomic E-state index is 0.0308. The summed E-state index contributed by atoms with van der Waals surface area (Å²) >= 11 is 0. The van der Waals surface area contributed by atoms with Gasteiger partial charge < -0.3 is 14.4 Å². The van der Waals surface area contributed by atoms with Gasteiger partial charge in [0.2, 0.25) is 0 Å². The highest BCUT2D eigenvalue weighted by atomic mass is 32.2. The molecule has 6 nitrogen and oxygen atoms in total. The smallest absolute Gasteiger partial charge is 0.265 e. The molecular formula is C14H18N2O4S. The average molecular weight is 310 g/mol. The van der Waals surface area contributed by atoms with Gasteiger partial charge in [-0.1, -0.05) is 0 Å². The van der Waals surface area contributed by atoms with E-state index in [1.54, 1.807) is 19.1 Å². The van der Waals surface area contributed by atoms with Crippen molar-refractivity contribution in [1.82, 2.24) is 0 Å². The number of hydrogen-bond donors (Lipinski definition) is 2. The summed E-state index contributed by atoms with van der Waals surface area (Å²) in [4.78, 5) is 1.95. The molecule has 0 saturated carbocycles. The summed E-state index contributed by atoms with van der Waals surface area (Å²) in [6.07, 6.45) is 0. The maximum atomic E-state index is 12.3. The van der Waals surface area contributed by atoms with Gasteiger partial charge in [0.15, 0.2) is 0 Å². The molecular weight excluding hydrogens is 292 g/mol. The van der Waals surface area contributed by atoms with Gasteiger partial charge >= 0.3 is 0 Å². The molecule has 1 aromatic carbocycles. The van der Waals surface area contributed by atoms with E-state index in [2.05, 4.69) is 4.72 Å². The monoisotopic (exact) mass is 310 g/mol. The molecule has 114 valence electrons. The van der Waals surface area contributed by atoms with Gasteiger partial charge in [-0.15, -0.1) is 0 Å². The maximum Gasteiger partial charge on any atom is 0.265 e. The van der Waals surface area contributed by atoms with Crippen molar-refractivity contribution in [2.75, 3.05) is 23.7 Å². The van der Waals surface area contributed by atoms with Crippen LogP contribution in [-0.2, 0) is 16.6 Å². The van der Waals surface area contributed by atoms with E-state index in [0.717, 1.165) is 5.69 Å². The van der Waals surface area contributed by atoms with Crippen LogP contribution in [0.5, 0.6) is 0 Å². The fraction of sp³-hybridized carbons (Fsp3) is 0.286. The molecule has 0 spiro atoms. The fourth-order valence-corrected chi connectivity index (χ4v) is 3.17. The molecule has 1 aromatic heterocycles. The van der Waals surface area contributed by atoms with Gasteiger partial charge in [-0.25, -0.2) is 8.42 Å². The Morgan fingerprint density at radius 1 is 1.24 bits per heavy atom. The predicted molar refractivity (Wildman–Crippen MR) is 80.9 cm³/mol. The number of rotatable bonds is 5. The van der Waals surface area contributed by atoms with Crippen molar-refractivity contribution >= 4 is 21.4 Å². The Labute approximate surface area is 124 Å². The first-order chi connectivity index (χ1) is 9.83. The number of aliphatic hydroxyl groups excluding tert-OH is 1. The molecule has 2 N–H and O–H groups in total. The number of aryl methyl sites for hydroxylation is 1. The van der Waals surface area contributed by atoms with E-state index in [0.29, 0.717) is 5.69 Å². The molecule has 0 amide bonds. The molecule has 0 unspecified atom stereocenters. The summed E-state index contributed by atoms with van der Waals surface area (Å²) < 4.78 is 32.3. The number of nitrogens with zero attached hydrogens (tertiary/aromatic N) is 1. The molecule has 0 radical (unpaired) electrons. The SMILES string of the molecule is Cc1oc(CO)cc1S(=O)(=O)Nc1ccc(N(C)C)cc1. The Bertz CT molecular complexity index is 718. The molecule has 0 atom stereocenters. The minimum atomic E-state index is -3.73. The van der Waals surface area contributed by atoms with E-state index >= 15 is 0 Å². The first-order valence-electron chi connectivity index (χ1n) is 6.34. The minimum Gasteiger partial charge on any atom is -0.462 e. The molecule has 0 aliphatic rings. The van der Waals surface area contributed by atoms with Crippen molar-refractivity contribution in [2.45, 2.75) is 18.4 Å². The van der Waals surface area contributed by atoms with Crippen LogP contribution in [0.1, 0.15) is 11.5 Å². The molecule has 0 aliphatic carbocycles. The van der Waals surface area contributed by atoms with E-state index < -0.39 is 10.0 Å². The lowest BCUT2D eigenvalue weighted by Crippen LogP contribution is -2.13. The summed E-state index contributed by atoms with van der Waals surface area (Å²) in [6, 6.07) is 8.34. The van der Waals surface area contributed by atoms with Crippen molar-refractivity contribution in [3.05, 3.63) is 41.9 Å². The summed E-state index contributed by atoms with van der Waals surface area (Å²) in [6.45, 7) is 1.21. The number of anilines is 2. The van der Waals surface area contributed by atoms with Gasteiger partial charge in [0.1, 0.15) is 23.0 Å². The van der Waals surface area contributed by atoms with Gasteiger partial charge in [-0.2, -0.15) is 0 Å². The third kappa shape index (κ3) is 3.37. The van der Waals surface area contributed by atoms with Gasteiger partial charge in [0, 0.05) is 31.5 Å². The summed E-state index contributed by atoms with van der Waals surface area (Å²) in [7, 11) is 0.0795. The molecule has 0 bridgehead atoms. The maximum absolute atomic E-state index is 12.3. The Kier molecular flexibility index (Phi) is 4.24. The lowest BCUT2D eigenvalue weighted by molar-refractivity contribution is 0.245. The number of benzene rings is 1. The van der Waals surface area contributed by atoms with Crippen LogP contribution in [0.15, 0.2) is 39.6 Å². The number of aliphatic hydroxyl groups is 1. The third-order valence-electron chi connectivity index (χ3n) is 3.00. The summed E-state index contributed by atoms with van der Waals surface area (Å²) in [5, 5.41) is 9.00. The van der Waals surface area contributed by atoms with Crippen LogP contribution in [0, 0.1) is 6.92 Å². The Morgan fingerprint density at radius 3 is 2.33 bits per heavy atom. The fourth-order valence-electron chi connectivity index (χ4n) is 1.91. The lowest BCUT2D eigenvalue weighted by atomic mass is 10.3. The van der Waals surface area contributed by atoms with E-state index in [1.165, 1.54) is 6.07 Å². The van der Waals surface area contributed by atoms with Crippen molar-refractivity contribution in [3.63, 3.8) is 0 Å². The first-order valence-corrected chi connectivity index (χ1v) is 7.82. The van der Waals surface area contributed by atoms with Crippen LogP contribution < -0.4 is 9.62 Å². The van der Waals surface area contributed by atoms with Gasteiger partial charge in [-0.05, 0) is 31.2 Å². The van der Waals surface area contributed by atoms with Crippen molar-refractivity contribution in [3.8, 4) is 0 Å². The average Bonchev–Trinajstić information content (AvgIpc) is 2.81. The zero-order chi connectivity index (χ0) is 15.6. The predicted octanol–water partition coefficient (Wildman–Crippen LogP) is 1.95. The molecule has 2 rings (SSSR count). The first kappa shape index (κ1) is 15.4. The van der Waals surface area contributed by atoms with E-state index in [1.807, 2.05) is 31.1 Å². The lowest BCUT2D eigenvalue weighted by Gasteiger charge is -2.13. The summed E-state index contributed by atoms with van der Waals surface area (Å²) in [5.74, 6) is 0.465. The van der Waals surface area contributed by atoms with Crippen molar-refractivity contribution in [2.24, 2.45) is 0 Å². The van der Waals surface area contributed by atoms with E-state index in [4.69, 9.17) is 9.52 Å². The van der Waals surface area contributed by atoms with Crippen LogP contribution >= 0.6 is 0 Å². The Morgan fingerprint density at radius 2 is 1.86 bits per heavy atom. The molecule has 2 aromatic rings. The van der Waals surface area contributed by atoms with Crippen molar-refractivity contribution in [1.29, 1.82) is 0 Å². The standard InChI is InChI=1S/C14H18N2O4S/c1-10-14(8-13(9-17)20-10)21(18,19)15-11-4-6-12(7-5-11)16(2)3/h4-8,15,17H,9H2,1-3H3. The normalized spacial score (nSPS) is 11.4. The highest BCUT2D eigenvalue weighted by Crippen LogP contribution is 2.24. The number of hydrogen-bond acceptors (Lipinski definition) is 5. The Balaban J connectivity index is 2.26. The van der Waals surface area contributed by atoms with Gasteiger partial charge in [-0.3, -0.25) is 4.72 Å². The zero-order valence-electron chi connectivity index (χ0n) is 12.1. The van der Waals surface area contributed by atoms with Crippen LogP contribution in [0.3, 0.4) is 0 Å². The molecule has 21 heavy (non-hydrogen) atoms. The van der Waals surface area contributed by atoms with Gasteiger partial charge in [0.25, 0.3) is 10.0 Å².